The van der Waals surface area contributed by atoms with Crippen LogP contribution in [0.3, 0.4) is 0 Å². The lowest BCUT2D eigenvalue weighted by Crippen LogP contribution is -2.36. The van der Waals surface area contributed by atoms with Gasteiger partial charge in [0, 0.05) is 0 Å². The molecule has 17 heavy (non-hydrogen) atoms. The van der Waals surface area contributed by atoms with Crippen LogP contribution in [0.25, 0.3) is 0 Å². The molecule has 0 aromatic carbocycles. The van der Waals surface area contributed by atoms with Gasteiger partial charge in [0.05, 0.1) is 6.04 Å². The summed E-state index contributed by atoms with van der Waals surface area (Å²) in [4.78, 5) is 10.7. The van der Waals surface area contributed by atoms with Gasteiger partial charge >= 0.3 is 0 Å². The van der Waals surface area contributed by atoms with Crippen LogP contribution in [-0.4, -0.2) is 11.9 Å². The summed E-state index contributed by atoms with van der Waals surface area (Å²) >= 11 is 0. The average molecular weight is 242 g/mol. The van der Waals surface area contributed by atoms with Gasteiger partial charge in [0.25, 0.3) is 0 Å². The molecule has 0 rings (SSSR count). The van der Waals surface area contributed by atoms with Crippen LogP contribution in [0.4, 0.5) is 0 Å². The predicted octanol–water partition coefficient (Wildman–Crippen LogP) is 3.11. The maximum atomic E-state index is 10.7. The first-order valence-corrected chi connectivity index (χ1v) is 7.23. The van der Waals surface area contributed by atoms with Crippen molar-refractivity contribution in [3.8, 4) is 0 Å². The van der Waals surface area contributed by atoms with Crippen LogP contribution >= 0.6 is 0 Å². The van der Waals surface area contributed by atoms with Crippen molar-refractivity contribution >= 4 is 5.91 Å². The third kappa shape index (κ3) is 11.7. The number of primary amides is 1. The lowest BCUT2D eigenvalue weighted by molar-refractivity contribution is -0.119. The minimum absolute atomic E-state index is 0.374. The third-order valence-electron chi connectivity index (χ3n) is 3.23. The first-order chi connectivity index (χ1) is 8.18. The molecule has 1 atom stereocenters. The predicted molar refractivity (Wildman–Crippen MR) is 73.6 cm³/mol. The highest BCUT2D eigenvalue weighted by atomic mass is 16.1. The number of amides is 1. The summed E-state index contributed by atoms with van der Waals surface area (Å²) in [5, 5.41) is 0. The zero-order chi connectivity index (χ0) is 12.9. The highest BCUT2D eigenvalue weighted by Crippen LogP contribution is 2.11. The highest BCUT2D eigenvalue weighted by molar-refractivity contribution is 5.79. The summed E-state index contributed by atoms with van der Waals surface area (Å²) in [6, 6.07) is -0.441. The number of carbonyl (C=O) groups is 1. The minimum atomic E-state index is -0.441. The summed E-state index contributed by atoms with van der Waals surface area (Å²) in [5.74, 6) is -0.374. The monoisotopic (exact) mass is 242 g/mol. The fraction of sp³-hybridized carbons (Fsp3) is 0.929. The zero-order valence-electron chi connectivity index (χ0n) is 11.4. The molecule has 0 aliphatic rings. The van der Waals surface area contributed by atoms with E-state index in [1.54, 1.807) is 0 Å². The van der Waals surface area contributed by atoms with Crippen molar-refractivity contribution in [2.45, 2.75) is 83.6 Å². The van der Waals surface area contributed by atoms with E-state index in [1.807, 2.05) is 0 Å². The zero-order valence-corrected chi connectivity index (χ0v) is 11.4. The third-order valence-corrected chi connectivity index (χ3v) is 3.23. The van der Waals surface area contributed by atoms with Crippen molar-refractivity contribution < 1.29 is 4.79 Å². The smallest absolute Gasteiger partial charge is 0.234 e. The molecule has 0 bridgehead atoms. The van der Waals surface area contributed by atoms with Gasteiger partial charge in [0.2, 0.25) is 5.91 Å². The molecule has 0 aliphatic heterocycles. The van der Waals surface area contributed by atoms with Crippen LogP contribution in [0.15, 0.2) is 0 Å². The number of hydrogen-bond acceptors (Lipinski definition) is 2. The summed E-state index contributed by atoms with van der Waals surface area (Å²) in [5.41, 5.74) is 10.6. The Labute approximate surface area is 106 Å². The Bertz CT molecular complexity index is 183. The molecule has 0 saturated heterocycles. The topological polar surface area (TPSA) is 69.1 Å². The first kappa shape index (κ1) is 16.4. The highest BCUT2D eigenvalue weighted by Gasteiger charge is 2.07. The summed E-state index contributed by atoms with van der Waals surface area (Å²) in [7, 11) is 0. The fourth-order valence-corrected chi connectivity index (χ4v) is 1.99. The minimum Gasteiger partial charge on any atom is -0.368 e. The molecule has 3 heteroatoms. The van der Waals surface area contributed by atoms with Crippen molar-refractivity contribution in [2.24, 2.45) is 11.5 Å². The van der Waals surface area contributed by atoms with E-state index in [2.05, 4.69) is 6.92 Å². The largest absolute Gasteiger partial charge is 0.368 e. The molecule has 3 nitrogen and oxygen atoms in total. The maximum Gasteiger partial charge on any atom is 0.234 e. The molecule has 0 saturated carbocycles. The summed E-state index contributed by atoms with van der Waals surface area (Å²) < 4.78 is 0. The number of rotatable bonds is 12. The molecular weight excluding hydrogens is 212 g/mol. The maximum absolute atomic E-state index is 10.7. The second-order valence-corrected chi connectivity index (χ2v) is 4.98. The number of carbonyl (C=O) groups excluding carboxylic acids is 1. The van der Waals surface area contributed by atoms with E-state index >= 15 is 0 Å². The van der Waals surface area contributed by atoms with Crippen molar-refractivity contribution in [3.05, 3.63) is 0 Å². The van der Waals surface area contributed by atoms with E-state index in [9.17, 15) is 4.79 Å². The molecule has 0 aliphatic carbocycles. The lowest BCUT2D eigenvalue weighted by atomic mass is 10.0. The van der Waals surface area contributed by atoms with E-state index < -0.39 is 6.04 Å². The molecule has 102 valence electrons. The van der Waals surface area contributed by atoms with Gasteiger partial charge in [-0.05, 0) is 6.42 Å². The van der Waals surface area contributed by atoms with Crippen LogP contribution in [0.1, 0.15) is 77.6 Å². The van der Waals surface area contributed by atoms with Gasteiger partial charge in [-0.25, -0.2) is 0 Å². The standard InChI is InChI=1S/C14H30N2O/c1-2-3-4-5-6-7-8-9-10-11-12-13(15)14(16)17/h13H,2-12,15H2,1H3,(H2,16,17). The Hall–Kier alpha value is -0.570. The number of hydrogen-bond donors (Lipinski definition) is 2. The Kier molecular flexibility index (Phi) is 11.5. The van der Waals surface area contributed by atoms with Gasteiger partial charge < -0.3 is 11.5 Å². The molecule has 4 N–H and O–H groups in total. The van der Waals surface area contributed by atoms with Crippen LogP contribution in [0, 0.1) is 0 Å². The number of unbranched alkanes of at least 4 members (excludes halogenated alkanes) is 9. The average Bonchev–Trinajstić information content (AvgIpc) is 2.31. The molecule has 1 unspecified atom stereocenters. The SMILES string of the molecule is CCCCCCCCCCCCC(N)C(N)=O. The summed E-state index contributed by atoms with van der Waals surface area (Å²) in [6.07, 6.45) is 13.7. The Balaban J connectivity index is 3.06. The van der Waals surface area contributed by atoms with Crippen molar-refractivity contribution in [1.82, 2.24) is 0 Å². The van der Waals surface area contributed by atoms with Gasteiger partial charge in [-0.2, -0.15) is 0 Å². The second-order valence-electron chi connectivity index (χ2n) is 4.98. The summed E-state index contributed by atoms with van der Waals surface area (Å²) in [6.45, 7) is 2.25. The van der Waals surface area contributed by atoms with Crippen LogP contribution in [0.2, 0.25) is 0 Å². The molecule has 1 amide bonds. The Morgan fingerprint density at radius 3 is 1.71 bits per heavy atom. The Morgan fingerprint density at radius 1 is 0.882 bits per heavy atom. The lowest BCUT2D eigenvalue weighted by Gasteiger charge is -2.06. The van der Waals surface area contributed by atoms with Crippen molar-refractivity contribution in [2.75, 3.05) is 0 Å². The van der Waals surface area contributed by atoms with Gasteiger partial charge in [-0.15, -0.1) is 0 Å². The van der Waals surface area contributed by atoms with E-state index in [1.165, 1.54) is 57.8 Å². The van der Waals surface area contributed by atoms with Gasteiger partial charge in [0.1, 0.15) is 0 Å². The molecule has 0 heterocycles. The quantitative estimate of drug-likeness (QED) is 0.516. The van der Waals surface area contributed by atoms with Gasteiger partial charge in [-0.1, -0.05) is 71.1 Å². The van der Waals surface area contributed by atoms with E-state index in [-0.39, 0.29) is 5.91 Å². The van der Waals surface area contributed by atoms with Crippen molar-refractivity contribution in [1.29, 1.82) is 0 Å². The van der Waals surface area contributed by atoms with Crippen molar-refractivity contribution in [3.63, 3.8) is 0 Å². The second kappa shape index (κ2) is 11.9. The van der Waals surface area contributed by atoms with Crippen LogP contribution in [0.5, 0.6) is 0 Å². The van der Waals surface area contributed by atoms with Gasteiger partial charge in [0.15, 0.2) is 0 Å². The fourth-order valence-electron chi connectivity index (χ4n) is 1.99. The number of nitrogens with two attached hydrogens (primary N) is 2. The molecule has 0 radical (unpaired) electrons. The molecule has 0 aromatic heterocycles. The Morgan fingerprint density at radius 2 is 1.29 bits per heavy atom. The van der Waals surface area contributed by atoms with E-state index in [0.29, 0.717) is 0 Å². The van der Waals surface area contributed by atoms with Gasteiger partial charge in [-0.3, -0.25) is 4.79 Å². The molecule has 0 spiro atoms. The molecular formula is C14H30N2O. The van der Waals surface area contributed by atoms with E-state index in [0.717, 1.165) is 12.8 Å². The molecule has 0 fully saturated rings. The normalized spacial score (nSPS) is 12.6. The van der Waals surface area contributed by atoms with Crippen LogP contribution < -0.4 is 11.5 Å². The van der Waals surface area contributed by atoms with E-state index in [4.69, 9.17) is 11.5 Å². The first-order valence-electron chi connectivity index (χ1n) is 7.23. The van der Waals surface area contributed by atoms with Crippen LogP contribution in [-0.2, 0) is 4.79 Å². The molecule has 0 aromatic rings.